The van der Waals surface area contributed by atoms with Gasteiger partial charge in [0.1, 0.15) is 0 Å². The molecule has 0 radical (unpaired) electrons. The molecular weight excluding hydrogens is 380 g/mol. The molecule has 0 spiro atoms. The molecule has 1 aromatic carbocycles. The number of hydrogen-bond acceptors (Lipinski definition) is 5. The van der Waals surface area contributed by atoms with Crippen LogP contribution in [0.15, 0.2) is 34.9 Å². The van der Waals surface area contributed by atoms with Crippen LogP contribution >= 0.6 is 0 Å². The smallest absolute Gasteiger partial charge is 0.255 e. The number of aromatic nitrogens is 1. The lowest BCUT2D eigenvalue weighted by Crippen LogP contribution is -2.42. The summed E-state index contributed by atoms with van der Waals surface area (Å²) in [4.78, 5) is 27.4. The maximum absolute atomic E-state index is 13.1. The molecule has 2 aromatic rings. The Bertz CT molecular complexity index is 890. The standard InChI is InChI=1S/C23H32N4O3/c1-15-10-16(2)14-27(13-15)22(29)17-8-6-7-9-18(17)24-12-20(28)25-21-11-19(26-30-21)23(3,4)5/h6-9,11,15-16,24H,10,12-14H2,1-5H3,(H,25,28). The third-order valence-corrected chi connectivity index (χ3v) is 5.29. The van der Waals surface area contributed by atoms with Gasteiger partial charge in [0, 0.05) is 30.3 Å². The predicted molar refractivity (Wildman–Crippen MR) is 118 cm³/mol. The molecule has 1 aliphatic heterocycles. The second kappa shape index (κ2) is 8.90. The lowest BCUT2D eigenvalue weighted by Gasteiger charge is -2.35. The largest absolute Gasteiger partial charge is 0.375 e. The summed E-state index contributed by atoms with van der Waals surface area (Å²) >= 11 is 0. The summed E-state index contributed by atoms with van der Waals surface area (Å²) < 4.78 is 5.20. The molecule has 7 heteroatoms. The molecule has 30 heavy (non-hydrogen) atoms. The molecule has 3 rings (SSSR count). The fourth-order valence-corrected chi connectivity index (χ4v) is 3.87. The number of nitrogens with one attached hydrogen (secondary N) is 2. The molecule has 1 aromatic heterocycles. The van der Waals surface area contributed by atoms with Gasteiger partial charge in [-0.1, -0.05) is 51.9 Å². The number of carbonyl (C=O) groups excluding carboxylic acids is 2. The minimum atomic E-state index is -0.269. The minimum absolute atomic E-state index is 0.00182. The highest BCUT2D eigenvalue weighted by Crippen LogP contribution is 2.25. The number of hydrogen-bond donors (Lipinski definition) is 2. The summed E-state index contributed by atoms with van der Waals surface area (Å²) in [5.41, 5.74) is 1.84. The van der Waals surface area contributed by atoms with Crippen LogP contribution in [0.4, 0.5) is 11.6 Å². The quantitative estimate of drug-likeness (QED) is 0.771. The topological polar surface area (TPSA) is 87.5 Å². The first-order valence-corrected chi connectivity index (χ1v) is 10.5. The average Bonchev–Trinajstić information content (AvgIpc) is 3.14. The van der Waals surface area contributed by atoms with Crippen molar-refractivity contribution < 1.29 is 14.1 Å². The van der Waals surface area contributed by atoms with Crippen molar-refractivity contribution in [3.8, 4) is 0 Å². The van der Waals surface area contributed by atoms with Crippen LogP contribution in [-0.2, 0) is 10.2 Å². The normalized spacial score (nSPS) is 19.4. The zero-order valence-corrected chi connectivity index (χ0v) is 18.5. The highest BCUT2D eigenvalue weighted by molar-refractivity contribution is 6.00. The van der Waals surface area contributed by atoms with Crippen molar-refractivity contribution >= 4 is 23.4 Å². The molecule has 1 fully saturated rings. The lowest BCUT2D eigenvalue weighted by atomic mass is 9.91. The van der Waals surface area contributed by atoms with Gasteiger partial charge in [-0.3, -0.25) is 14.9 Å². The summed E-state index contributed by atoms with van der Waals surface area (Å²) in [6.45, 7) is 12.0. The molecule has 0 saturated carbocycles. The van der Waals surface area contributed by atoms with Crippen molar-refractivity contribution in [1.29, 1.82) is 0 Å². The van der Waals surface area contributed by atoms with E-state index in [9.17, 15) is 9.59 Å². The highest BCUT2D eigenvalue weighted by atomic mass is 16.5. The van der Waals surface area contributed by atoms with E-state index in [1.165, 1.54) is 0 Å². The summed E-state index contributed by atoms with van der Waals surface area (Å²) in [6, 6.07) is 9.05. The third-order valence-electron chi connectivity index (χ3n) is 5.29. The Balaban J connectivity index is 1.63. The van der Waals surface area contributed by atoms with Crippen LogP contribution in [-0.4, -0.2) is 41.5 Å². The van der Waals surface area contributed by atoms with Gasteiger partial charge in [-0.25, -0.2) is 0 Å². The molecule has 7 nitrogen and oxygen atoms in total. The van der Waals surface area contributed by atoms with Crippen molar-refractivity contribution in [1.82, 2.24) is 10.1 Å². The Morgan fingerprint density at radius 1 is 1.17 bits per heavy atom. The summed E-state index contributed by atoms with van der Waals surface area (Å²) in [7, 11) is 0. The van der Waals surface area contributed by atoms with Gasteiger partial charge in [0.2, 0.25) is 11.8 Å². The van der Waals surface area contributed by atoms with Crippen LogP contribution in [0.2, 0.25) is 0 Å². The number of para-hydroxylation sites is 1. The first-order valence-electron chi connectivity index (χ1n) is 10.5. The van der Waals surface area contributed by atoms with E-state index in [1.807, 2.05) is 43.9 Å². The Morgan fingerprint density at radius 2 is 1.83 bits per heavy atom. The lowest BCUT2D eigenvalue weighted by molar-refractivity contribution is -0.114. The summed E-state index contributed by atoms with van der Waals surface area (Å²) in [5.74, 6) is 1.02. The Hall–Kier alpha value is -2.83. The maximum Gasteiger partial charge on any atom is 0.255 e. The van der Waals surface area contributed by atoms with Gasteiger partial charge in [0.25, 0.3) is 5.91 Å². The van der Waals surface area contributed by atoms with Gasteiger partial charge in [-0.2, -0.15) is 0 Å². The number of anilines is 2. The van der Waals surface area contributed by atoms with Gasteiger partial charge >= 0.3 is 0 Å². The van der Waals surface area contributed by atoms with Crippen molar-refractivity contribution in [3.63, 3.8) is 0 Å². The van der Waals surface area contributed by atoms with Crippen molar-refractivity contribution in [2.45, 2.75) is 46.5 Å². The van der Waals surface area contributed by atoms with Crippen molar-refractivity contribution in [3.05, 3.63) is 41.6 Å². The zero-order chi connectivity index (χ0) is 21.9. The first kappa shape index (κ1) is 21.9. The van der Waals surface area contributed by atoms with Gasteiger partial charge in [-0.05, 0) is 30.4 Å². The molecule has 1 saturated heterocycles. The van der Waals surface area contributed by atoms with Crippen LogP contribution in [0.1, 0.15) is 57.1 Å². The predicted octanol–water partition coefficient (Wildman–Crippen LogP) is 4.14. The maximum atomic E-state index is 13.1. The molecule has 1 aliphatic rings. The Kier molecular flexibility index (Phi) is 6.48. The molecule has 162 valence electrons. The molecular formula is C23H32N4O3. The number of nitrogens with zero attached hydrogens (tertiary/aromatic N) is 2. The third kappa shape index (κ3) is 5.40. The van der Waals surface area contributed by atoms with E-state index in [1.54, 1.807) is 12.1 Å². The zero-order valence-electron chi connectivity index (χ0n) is 18.5. The number of benzene rings is 1. The number of likely N-dealkylation sites (tertiary alicyclic amines) is 1. The average molecular weight is 413 g/mol. The second-order valence-electron chi connectivity index (χ2n) is 9.43. The molecule has 2 amide bonds. The molecule has 0 bridgehead atoms. The van der Waals surface area contributed by atoms with Crippen LogP contribution in [0.3, 0.4) is 0 Å². The summed E-state index contributed by atoms with van der Waals surface area (Å²) in [6.07, 6.45) is 1.14. The van der Waals surface area contributed by atoms with Crippen molar-refractivity contribution in [2.24, 2.45) is 11.8 Å². The molecule has 2 N–H and O–H groups in total. The SMILES string of the molecule is CC1CC(C)CN(C(=O)c2ccccc2NCC(=O)Nc2cc(C(C)(C)C)no2)C1. The number of rotatable bonds is 5. The highest BCUT2D eigenvalue weighted by Gasteiger charge is 2.27. The first-order chi connectivity index (χ1) is 14.1. The van der Waals surface area contributed by atoms with E-state index < -0.39 is 0 Å². The number of amides is 2. The Morgan fingerprint density at radius 3 is 2.47 bits per heavy atom. The van der Waals surface area contributed by atoms with E-state index in [-0.39, 0.29) is 23.8 Å². The van der Waals surface area contributed by atoms with Crippen LogP contribution < -0.4 is 10.6 Å². The fraction of sp³-hybridized carbons (Fsp3) is 0.522. The van der Waals surface area contributed by atoms with Gasteiger partial charge in [0.15, 0.2) is 0 Å². The van der Waals surface area contributed by atoms with Crippen LogP contribution in [0, 0.1) is 11.8 Å². The van der Waals surface area contributed by atoms with Gasteiger partial charge < -0.3 is 14.7 Å². The number of carbonyl (C=O) groups is 2. The van der Waals surface area contributed by atoms with E-state index in [0.29, 0.717) is 29.0 Å². The van der Waals surface area contributed by atoms with Crippen LogP contribution in [0.25, 0.3) is 0 Å². The van der Waals surface area contributed by atoms with E-state index >= 15 is 0 Å². The van der Waals surface area contributed by atoms with Gasteiger partial charge in [0.05, 0.1) is 17.8 Å². The summed E-state index contributed by atoms with van der Waals surface area (Å²) in [5, 5.41) is 9.79. The van der Waals surface area contributed by atoms with Crippen LogP contribution in [0.5, 0.6) is 0 Å². The molecule has 0 aliphatic carbocycles. The molecule has 2 heterocycles. The minimum Gasteiger partial charge on any atom is -0.375 e. The van der Waals surface area contributed by atoms with E-state index in [4.69, 9.17) is 4.52 Å². The second-order valence-corrected chi connectivity index (χ2v) is 9.43. The van der Waals surface area contributed by atoms with Crippen molar-refractivity contribution in [2.75, 3.05) is 30.3 Å². The Labute approximate surface area is 178 Å². The van der Waals surface area contributed by atoms with E-state index in [0.717, 1.165) is 25.2 Å². The molecule has 2 unspecified atom stereocenters. The number of piperidine rings is 1. The molecule has 2 atom stereocenters. The fourth-order valence-electron chi connectivity index (χ4n) is 3.87. The van der Waals surface area contributed by atoms with E-state index in [2.05, 4.69) is 29.6 Å². The monoisotopic (exact) mass is 412 g/mol. The van der Waals surface area contributed by atoms with Gasteiger partial charge in [-0.15, -0.1) is 0 Å².